The summed E-state index contributed by atoms with van der Waals surface area (Å²) in [4.78, 5) is 26.4. The normalized spacial score (nSPS) is 33.2. The van der Waals surface area contributed by atoms with Crippen molar-refractivity contribution in [2.45, 2.75) is 24.0 Å². The number of aromatic nitrogens is 2. The van der Waals surface area contributed by atoms with Gasteiger partial charge in [0.05, 0.1) is 6.61 Å². The third kappa shape index (κ3) is 1.94. The van der Waals surface area contributed by atoms with E-state index in [4.69, 9.17) is 21.3 Å². The van der Waals surface area contributed by atoms with Crippen LogP contribution in [0.25, 0.3) is 0 Å². The number of nitrogens with zero attached hydrogens (tertiary/aromatic N) is 2. The van der Waals surface area contributed by atoms with E-state index < -0.39 is 42.2 Å². The van der Waals surface area contributed by atoms with Gasteiger partial charge in [0.15, 0.2) is 6.23 Å². The smallest absolute Gasteiger partial charge is 0.351 e. The average Bonchev–Trinajstić information content (AvgIpc) is 2.64. The summed E-state index contributed by atoms with van der Waals surface area (Å²) >= 11 is 0. The maximum atomic E-state index is 11.7. The van der Waals surface area contributed by atoms with Crippen LogP contribution in [0.3, 0.4) is 0 Å². The Kier molecular flexibility index (Phi) is 3.48. The number of carbonyl (C=O) groups is 1. The minimum atomic E-state index is -2.51. The molecule has 1 fully saturated rings. The molecule has 1 aromatic rings. The highest BCUT2D eigenvalue weighted by molar-refractivity contribution is 5.85. The van der Waals surface area contributed by atoms with Crippen molar-refractivity contribution in [2.75, 3.05) is 12.3 Å². The van der Waals surface area contributed by atoms with E-state index in [2.05, 4.69) is 4.98 Å². The quantitative estimate of drug-likeness (QED) is 0.377. The lowest BCUT2D eigenvalue weighted by Crippen LogP contribution is -2.58. The minimum absolute atomic E-state index is 0.0393. The first-order chi connectivity index (χ1) is 9.32. The maximum absolute atomic E-state index is 11.7. The molecule has 1 aliphatic heterocycles. The Morgan fingerprint density at radius 2 is 2.25 bits per heavy atom. The number of hydrogen-bond acceptors (Lipinski definition) is 8. The molecule has 2 rings (SSSR count). The Labute approximate surface area is 112 Å². The van der Waals surface area contributed by atoms with Crippen LogP contribution in [0.5, 0.6) is 0 Å². The number of aliphatic hydroxyl groups is 3. The summed E-state index contributed by atoms with van der Waals surface area (Å²) in [5.74, 6) is -1.31. The molecule has 0 unspecified atom stereocenters. The standard InChI is InChI=1S/C10H14N4O6/c11-5-1-2-14(9(18)13-5)7-6(16)10(19,8(12)17)4(3-15)20-7/h1-2,4,6-7,15-16,19H,3H2,(H2,12,17)(H2,11,13,18)/t4-,6+,7-,10-/m1/s1. The van der Waals surface area contributed by atoms with Crippen molar-refractivity contribution in [3.05, 3.63) is 22.7 Å². The van der Waals surface area contributed by atoms with E-state index in [1.165, 1.54) is 12.3 Å². The van der Waals surface area contributed by atoms with Gasteiger partial charge in [-0.1, -0.05) is 0 Å². The fourth-order valence-corrected chi connectivity index (χ4v) is 2.08. The highest BCUT2D eigenvalue weighted by Crippen LogP contribution is 2.36. The zero-order valence-corrected chi connectivity index (χ0v) is 10.2. The van der Waals surface area contributed by atoms with Crippen LogP contribution in [0.15, 0.2) is 17.1 Å². The predicted molar refractivity (Wildman–Crippen MR) is 64.1 cm³/mol. The van der Waals surface area contributed by atoms with E-state index in [0.717, 1.165) is 4.57 Å². The van der Waals surface area contributed by atoms with E-state index in [9.17, 15) is 19.8 Å². The molecule has 0 spiro atoms. The van der Waals surface area contributed by atoms with Gasteiger partial charge in [0, 0.05) is 6.20 Å². The lowest BCUT2D eigenvalue weighted by atomic mass is 9.91. The molecule has 0 bridgehead atoms. The third-order valence-electron chi connectivity index (χ3n) is 3.20. The van der Waals surface area contributed by atoms with Crippen LogP contribution < -0.4 is 17.2 Å². The highest BCUT2D eigenvalue weighted by Gasteiger charge is 2.60. The first kappa shape index (κ1) is 14.4. The van der Waals surface area contributed by atoms with Gasteiger partial charge in [0.25, 0.3) is 5.91 Å². The van der Waals surface area contributed by atoms with E-state index in [1.807, 2.05) is 0 Å². The SMILES string of the molecule is NC(=O)[C@@]1(O)[C@@H](CO)O[C@@H](n2ccc(N)nc2=O)[C@@H]1O. The fraction of sp³-hybridized carbons (Fsp3) is 0.500. The molecule has 4 atom stereocenters. The number of rotatable bonds is 3. The Morgan fingerprint density at radius 3 is 2.70 bits per heavy atom. The summed E-state index contributed by atoms with van der Waals surface area (Å²) in [6.45, 7) is -0.774. The lowest BCUT2D eigenvalue weighted by Gasteiger charge is -2.26. The number of amides is 1. The molecule has 1 aromatic heterocycles. The molecule has 2 heterocycles. The molecule has 0 saturated carbocycles. The molecule has 0 radical (unpaired) electrons. The van der Waals surface area contributed by atoms with Crippen LogP contribution >= 0.6 is 0 Å². The van der Waals surface area contributed by atoms with Crippen molar-refractivity contribution < 1.29 is 24.9 Å². The van der Waals surface area contributed by atoms with E-state index in [0.29, 0.717) is 0 Å². The third-order valence-corrected chi connectivity index (χ3v) is 3.20. The van der Waals surface area contributed by atoms with Gasteiger partial charge in [0.1, 0.15) is 18.0 Å². The summed E-state index contributed by atoms with van der Waals surface area (Å²) in [5.41, 5.74) is 6.99. The molecule has 10 heteroatoms. The first-order valence-corrected chi connectivity index (χ1v) is 5.63. The molecule has 0 aromatic carbocycles. The average molecular weight is 286 g/mol. The molecule has 110 valence electrons. The largest absolute Gasteiger partial charge is 0.394 e. The van der Waals surface area contributed by atoms with Crippen LogP contribution in [-0.2, 0) is 9.53 Å². The number of carbonyl (C=O) groups excluding carboxylic acids is 1. The molecule has 1 aliphatic rings. The minimum Gasteiger partial charge on any atom is -0.394 e. The molecule has 10 nitrogen and oxygen atoms in total. The van der Waals surface area contributed by atoms with Gasteiger partial charge in [-0.05, 0) is 6.07 Å². The van der Waals surface area contributed by atoms with E-state index in [-0.39, 0.29) is 5.82 Å². The molecular weight excluding hydrogens is 272 g/mol. The highest BCUT2D eigenvalue weighted by atomic mass is 16.6. The second-order valence-electron chi connectivity index (χ2n) is 4.37. The Balaban J connectivity index is 2.45. The summed E-state index contributed by atoms with van der Waals surface area (Å²) in [7, 11) is 0. The van der Waals surface area contributed by atoms with Gasteiger partial charge in [-0.15, -0.1) is 0 Å². The second kappa shape index (κ2) is 4.83. The van der Waals surface area contributed by atoms with Gasteiger partial charge in [0.2, 0.25) is 5.60 Å². The van der Waals surface area contributed by atoms with Gasteiger partial charge < -0.3 is 31.5 Å². The topological polar surface area (TPSA) is 174 Å². The Hall–Kier alpha value is -2.01. The van der Waals surface area contributed by atoms with Crippen LogP contribution in [0.1, 0.15) is 6.23 Å². The number of nitrogens with two attached hydrogens (primary N) is 2. The first-order valence-electron chi connectivity index (χ1n) is 5.63. The predicted octanol–water partition coefficient (Wildman–Crippen LogP) is -3.71. The number of nitrogen functional groups attached to an aromatic ring is 1. The second-order valence-corrected chi connectivity index (χ2v) is 4.37. The van der Waals surface area contributed by atoms with Crippen molar-refractivity contribution in [3.8, 4) is 0 Å². The van der Waals surface area contributed by atoms with Gasteiger partial charge in [-0.25, -0.2) is 4.79 Å². The summed E-state index contributed by atoms with van der Waals surface area (Å²) in [6.07, 6.45) is -3.56. The number of hydrogen-bond donors (Lipinski definition) is 5. The zero-order valence-electron chi connectivity index (χ0n) is 10.2. The zero-order chi connectivity index (χ0) is 15.1. The van der Waals surface area contributed by atoms with E-state index >= 15 is 0 Å². The van der Waals surface area contributed by atoms with Gasteiger partial charge in [-0.2, -0.15) is 4.98 Å². The van der Waals surface area contributed by atoms with Crippen molar-refractivity contribution in [2.24, 2.45) is 5.73 Å². The summed E-state index contributed by atoms with van der Waals surface area (Å²) in [5, 5.41) is 29.2. The van der Waals surface area contributed by atoms with Crippen LogP contribution in [-0.4, -0.2) is 55.2 Å². The lowest BCUT2D eigenvalue weighted by molar-refractivity contribution is -0.153. The Morgan fingerprint density at radius 1 is 1.60 bits per heavy atom. The number of anilines is 1. The van der Waals surface area contributed by atoms with Crippen LogP contribution in [0.4, 0.5) is 5.82 Å². The van der Waals surface area contributed by atoms with E-state index in [1.54, 1.807) is 0 Å². The monoisotopic (exact) mass is 286 g/mol. The van der Waals surface area contributed by atoms with Crippen LogP contribution in [0.2, 0.25) is 0 Å². The van der Waals surface area contributed by atoms with Gasteiger partial charge in [-0.3, -0.25) is 9.36 Å². The Bertz CT molecular complexity index is 589. The van der Waals surface area contributed by atoms with Crippen LogP contribution in [0, 0.1) is 0 Å². The molecule has 0 aliphatic carbocycles. The summed E-state index contributed by atoms with van der Waals surface area (Å²) < 4.78 is 5.98. The molecule has 1 amide bonds. The molecule has 1 saturated heterocycles. The number of primary amides is 1. The van der Waals surface area contributed by atoms with Crippen molar-refractivity contribution in [3.63, 3.8) is 0 Å². The molecule has 20 heavy (non-hydrogen) atoms. The van der Waals surface area contributed by atoms with Gasteiger partial charge >= 0.3 is 5.69 Å². The summed E-state index contributed by atoms with van der Waals surface area (Å²) in [6, 6.07) is 1.27. The number of ether oxygens (including phenoxy) is 1. The maximum Gasteiger partial charge on any atom is 0.351 e. The molecular formula is C10H14N4O6. The van der Waals surface area contributed by atoms with Crippen molar-refractivity contribution >= 4 is 11.7 Å². The van der Waals surface area contributed by atoms with Crippen molar-refractivity contribution in [1.82, 2.24) is 9.55 Å². The molecule has 7 N–H and O–H groups in total. The fourth-order valence-electron chi connectivity index (χ4n) is 2.08. The van der Waals surface area contributed by atoms with Crippen molar-refractivity contribution in [1.29, 1.82) is 0 Å². The number of aliphatic hydroxyl groups excluding tert-OH is 2.